The molecule has 0 saturated carbocycles. The number of imide groups is 1. The van der Waals surface area contributed by atoms with Crippen molar-refractivity contribution in [1.82, 2.24) is 9.80 Å². The molecule has 0 spiro atoms. The topological polar surface area (TPSA) is 76.2 Å². The lowest BCUT2D eigenvalue weighted by molar-refractivity contribution is -0.138. The SMILES string of the molecule is CC(C)C[C@H](C(=O)N1CCc2cc3c(cc2[C@@H]1C)OCCCO3)N1C(=O)c2ccccc2C1=O. The van der Waals surface area contributed by atoms with Crippen molar-refractivity contribution in [2.45, 2.75) is 52.1 Å². The maximum absolute atomic E-state index is 14.0. The van der Waals surface area contributed by atoms with Crippen molar-refractivity contribution < 1.29 is 23.9 Å². The second-order valence-corrected chi connectivity index (χ2v) is 9.68. The van der Waals surface area contributed by atoms with Crippen LogP contribution in [0.1, 0.15) is 71.5 Å². The van der Waals surface area contributed by atoms with Crippen molar-refractivity contribution in [2.75, 3.05) is 19.8 Å². The number of carbonyl (C=O) groups is 3. The van der Waals surface area contributed by atoms with Crippen LogP contribution < -0.4 is 9.47 Å². The monoisotopic (exact) mass is 462 g/mol. The number of nitrogens with zero attached hydrogens (tertiary/aromatic N) is 2. The molecular weight excluding hydrogens is 432 g/mol. The molecule has 7 nitrogen and oxygen atoms in total. The number of benzene rings is 2. The first kappa shape index (κ1) is 22.4. The van der Waals surface area contributed by atoms with Gasteiger partial charge in [-0.1, -0.05) is 26.0 Å². The van der Waals surface area contributed by atoms with E-state index in [1.54, 1.807) is 24.3 Å². The van der Waals surface area contributed by atoms with Gasteiger partial charge in [0.05, 0.1) is 30.4 Å². The van der Waals surface area contributed by atoms with E-state index in [0.29, 0.717) is 49.5 Å². The zero-order chi connectivity index (χ0) is 24.0. The number of hydrogen-bond acceptors (Lipinski definition) is 5. The second-order valence-electron chi connectivity index (χ2n) is 9.68. The van der Waals surface area contributed by atoms with Gasteiger partial charge in [0.1, 0.15) is 6.04 Å². The first-order valence-electron chi connectivity index (χ1n) is 12.1. The second kappa shape index (κ2) is 8.78. The van der Waals surface area contributed by atoms with Crippen LogP contribution in [-0.4, -0.2) is 53.3 Å². The molecule has 5 rings (SSSR count). The summed E-state index contributed by atoms with van der Waals surface area (Å²) in [5.74, 6) is 0.630. The summed E-state index contributed by atoms with van der Waals surface area (Å²) in [6.07, 6.45) is 1.93. The molecule has 0 N–H and O–H groups in total. The molecule has 2 atom stereocenters. The van der Waals surface area contributed by atoms with Crippen molar-refractivity contribution in [3.05, 3.63) is 58.7 Å². The van der Waals surface area contributed by atoms with Gasteiger partial charge in [0, 0.05) is 13.0 Å². The standard InChI is InChI=1S/C27H30N2O5/c1-16(2)13-22(29-25(30)19-7-4-5-8-20(19)26(29)31)27(32)28-10-9-18-14-23-24(15-21(18)17(28)3)34-12-6-11-33-23/h4-5,7-8,14-17,22H,6,9-13H2,1-3H3/t17-,22+/m0/s1. The van der Waals surface area contributed by atoms with E-state index in [9.17, 15) is 14.4 Å². The van der Waals surface area contributed by atoms with Crippen LogP contribution in [0.25, 0.3) is 0 Å². The minimum absolute atomic E-state index is 0.131. The molecule has 7 heteroatoms. The smallest absolute Gasteiger partial charge is 0.262 e. The van der Waals surface area contributed by atoms with Crippen LogP contribution in [0.3, 0.4) is 0 Å². The van der Waals surface area contributed by atoms with E-state index in [4.69, 9.17) is 9.47 Å². The summed E-state index contributed by atoms with van der Waals surface area (Å²) in [6.45, 7) is 7.74. The Morgan fingerprint density at radius 1 is 1.03 bits per heavy atom. The van der Waals surface area contributed by atoms with Gasteiger partial charge in [-0.15, -0.1) is 0 Å². The molecule has 178 valence electrons. The highest BCUT2D eigenvalue weighted by Gasteiger charge is 2.45. The van der Waals surface area contributed by atoms with Gasteiger partial charge >= 0.3 is 0 Å². The van der Waals surface area contributed by atoms with E-state index in [0.717, 1.165) is 23.3 Å². The van der Waals surface area contributed by atoms with Gasteiger partial charge in [-0.25, -0.2) is 0 Å². The van der Waals surface area contributed by atoms with Crippen LogP contribution in [0, 0.1) is 5.92 Å². The normalized spacial score (nSPS) is 20.2. The van der Waals surface area contributed by atoms with E-state index in [1.165, 1.54) is 4.90 Å². The predicted molar refractivity (Wildman–Crippen MR) is 126 cm³/mol. The molecule has 2 aromatic rings. The zero-order valence-corrected chi connectivity index (χ0v) is 19.9. The van der Waals surface area contributed by atoms with Crippen LogP contribution in [0.4, 0.5) is 0 Å². The van der Waals surface area contributed by atoms with Crippen LogP contribution >= 0.6 is 0 Å². The first-order valence-corrected chi connectivity index (χ1v) is 12.1. The summed E-state index contributed by atoms with van der Waals surface area (Å²) in [5, 5.41) is 0. The number of amides is 3. The van der Waals surface area contributed by atoms with Gasteiger partial charge in [-0.2, -0.15) is 0 Å². The molecule has 2 aromatic carbocycles. The number of carbonyl (C=O) groups excluding carboxylic acids is 3. The van der Waals surface area contributed by atoms with Gasteiger partial charge < -0.3 is 14.4 Å². The predicted octanol–water partition coefficient (Wildman–Crippen LogP) is 4.00. The van der Waals surface area contributed by atoms with Crippen molar-refractivity contribution in [3.63, 3.8) is 0 Å². The van der Waals surface area contributed by atoms with Gasteiger partial charge in [-0.3, -0.25) is 19.3 Å². The van der Waals surface area contributed by atoms with Gasteiger partial charge in [0.25, 0.3) is 11.8 Å². The van der Waals surface area contributed by atoms with Crippen molar-refractivity contribution in [2.24, 2.45) is 5.92 Å². The molecule has 0 saturated heterocycles. The maximum Gasteiger partial charge on any atom is 0.262 e. The Morgan fingerprint density at radius 3 is 2.26 bits per heavy atom. The minimum atomic E-state index is -0.836. The van der Waals surface area contributed by atoms with Crippen molar-refractivity contribution in [3.8, 4) is 11.5 Å². The number of rotatable bonds is 4. The largest absolute Gasteiger partial charge is 0.490 e. The average molecular weight is 463 g/mol. The molecule has 3 amide bonds. The lowest BCUT2D eigenvalue weighted by Gasteiger charge is -2.39. The molecule has 3 heterocycles. The van der Waals surface area contributed by atoms with Gasteiger partial charge in [-0.05, 0) is 61.1 Å². The minimum Gasteiger partial charge on any atom is -0.490 e. The Kier molecular flexibility index (Phi) is 5.80. The van der Waals surface area contributed by atoms with E-state index < -0.39 is 6.04 Å². The maximum atomic E-state index is 14.0. The Morgan fingerprint density at radius 2 is 1.65 bits per heavy atom. The molecule has 0 radical (unpaired) electrons. The Labute approximate surface area is 199 Å². The third-order valence-corrected chi connectivity index (χ3v) is 6.95. The lowest BCUT2D eigenvalue weighted by atomic mass is 9.91. The highest BCUT2D eigenvalue weighted by Crippen LogP contribution is 2.40. The number of ether oxygens (including phenoxy) is 2. The number of fused-ring (bicyclic) bond motifs is 3. The summed E-state index contributed by atoms with van der Waals surface area (Å²) in [4.78, 5) is 43.3. The van der Waals surface area contributed by atoms with E-state index in [2.05, 4.69) is 0 Å². The Bertz CT molecular complexity index is 1120. The molecule has 3 aliphatic heterocycles. The summed E-state index contributed by atoms with van der Waals surface area (Å²) in [6, 6.07) is 9.76. The van der Waals surface area contributed by atoms with Crippen LogP contribution in [0.5, 0.6) is 11.5 Å². The van der Waals surface area contributed by atoms with Crippen LogP contribution in [0.15, 0.2) is 36.4 Å². The first-order chi connectivity index (χ1) is 16.4. The third-order valence-electron chi connectivity index (χ3n) is 6.95. The van der Waals surface area contributed by atoms with Crippen molar-refractivity contribution in [1.29, 1.82) is 0 Å². The molecular formula is C27H30N2O5. The zero-order valence-electron chi connectivity index (χ0n) is 19.9. The fourth-order valence-electron chi connectivity index (χ4n) is 5.22. The highest BCUT2D eigenvalue weighted by molar-refractivity contribution is 6.22. The third kappa shape index (κ3) is 3.73. The molecule has 0 aromatic heterocycles. The lowest BCUT2D eigenvalue weighted by Crippen LogP contribution is -2.53. The van der Waals surface area contributed by atoms with E-state index >= 15 is 0 Å². The summed E-state index contributed by atoms with van der Waals surface area (Å²) < 4.78 is 11.7. The Hall–Kier alpha value is -3.35. The fourth-order valence-corrected chi connectivity index (χ4v) is 5.22. The fraction of sp³-hybridized carbons (Fsp3) is 0.444. The Balaban J connectivity index is 1.46. The molecule has 0 fully saturated rings. The van der Waals surface area contributed by atoms with Gasteiger partial charge in [0.2, 0.25) is 5.91 Å². The molecule has 3 aliphatic rings. The molecule has 34 heavy (non-hydrogen) atoms. The van der Waals surface area contributed by atoms with Crippen LogP contribution in [-0.2, 0) is 11.2 Å². The molecule has 0 aliphatic carbocycles. The van der Waals surface area contributed by atoms with Crippen LogP contribution in [0.2, 0.25) is 0 Å². The number of hydrogen-bond donors (Lipinski definition) is 0. The van der Waals surface area contributed by atoms with Gasteiger partial charge in [0.15, 0.2) is 11.5 Å². The highest BCUT2D eigenvalue weighted by atomic mass is 16.5. The quantitative estimate of drug-likeness (QED) is 0.642. The van der Waals surface area contributed by atoms with E-state index in [-0.39, 0.29) is 29.7 Å². The molecule has 0 unspecified atom stereocenters. The summed E-state index contributed by atoms with van der Waals surface area (Å²) in [5.41, 5.74) is 2.90. The summed E-state index contributed by atoms with van der Waals surface area (Å²) in [7, 11) is 0. The molecule has 0 bridgehead atoms. The van der Waals surface area contributed by atoms with E-state index in [1.807, 2.05) is 37.8 Å². The summed E-state index contributed by atoms with van der Waals surface area (Å²) >= 11 is 0. The average Bonchev–Trinajstić information content (AvgIpc) is 2.96. The van der Waals surface area contributed by atoms with Crippen molar-refractivity contribution >= 4 is 17.7 Å².